The van der Waals surface area contributed by atoms with Crippen LogP contribution in [0.15, 0.2) is 0 Å². The van der Waals surface area contributed by atoms with Crippen molar-refractivity contribution in [1.82, 2.24) is 5.32 Å². The number of alkyl carbamates (subject to hydrolysis) is 1. The lowest BCUT2D eigenvalue weighted by atomic mass is 9.91. The second-order valence-electron chi connectivity index (χ2n) is 5.97. The van der Waals surface area contributed by atoms with Crippen LogP contribution in [0.3, 0.4) is 0 Å². The van der Waals surface area contributed by atoms with E-state index in [0.29, 0.717) is 6.42 Å². The van der Waals surface area contributed by atoms with Crippen molar-refractivity contribution < 1.29 is 24.2 Å². The molecule has 1 amide bonds. The highest BCUT2D eigenvalue weighted by atomic mass is 16.6. The van der Waals surface area contributed by atoms with Crippen molar-refractivity contribution in [3.63, 3.8) is 0 Å². The number of aliphatic carboxylic acids is 1. The molecular weight excluding hydrogens is 250 g/mol. The number of rotatable bonds is 4. The largest absolute Gasteiger partial charge is 0.481 e. The van der Waals surface area contributed by atoms with Gasteiger partial charge in [0.05, 0.1) is 18.1 Å². The first kappa shape index (κ1) is 15.8. The molecule has 0 aromatic heterocycles. The molecule has 0 radical (unpaired) electrons. The Bertz CT molecular complexity index is 349. The van der Waals surface area contributed by atoms with E-state index in [4.69, 9.17) is 14.6 Å². The topological polar surface area (TPSA) is 84.9 Å². The predicted octanol–water partition coefficient (Wildman–Crippen LogP) is 1.92. The first-order chi connectivity index (χ1) is 8.68. The third kappa shape index (κ3) is 4.38. The van der Waals surface area contributed by atoms with Crippen LogP contribution >= 0.6 is 0 Å². The summed E-state index contributed by atoms with van der Waals surface area (Å²) in [6, 6.07) is 0. The molecule has 2 atom stereocenters. The highest BCUT2D eigenvalue weighted by molar-refractivity contribution is 5.73. The number of methoxy groups -OCH3 is 1. The van der Waals surface area contributed by atoms with Crippen LogP contribution in [0.25, 0.3) is 0 Å². The van der Waals surface area contributed by atoms with Gasteiger partial charge in [0.15, 0.2) is 0 Å². The van der Waals surface area contributed by atoms with Crippen LogP contribution in [-0.2, 0) is 14.3 Å². The summed E-state index contributed by atoms with van der Waals surface area (Å²) in [6.45, 7) is 5.29. The van der Waals surface area contributed by atoms with Crippen molar-refractivity contribution >= 4 is 12.1 Å². The molecular formula is C13H23NO5. The summed E-state index contributed by atoms with van der Waals surface area (Å²) in [4.78, 5) is 22.9. The van der Waals surface area contributed by atoms with E-state index in [1.807, 2.05) is 0 Å². The summed E-state index contributed by atoms with van der Waals surface area (Å²) in [5.41, 5.74) is -1.49. The Morgan fingerprint density at radius 2 is 2.05 bits per heavy atom. The number of nitrogens with one attached hydrogen (secondary N) is 1. The van der Waals surface area contributed by atoms with Gasteiger partial charge in [-0.25, -0.2) is 4.79 Å². The van der Waals surface area contributed by atoms with Crippen molar-refractivity contribution in [2.24, 2.45) is 0 Å². The maximum Gasteiger partial charge on any atom is 0.408 e. The van der Waals surface area contributed by atoms with E-state index >= 15 is 0 Å². The van der Waals surface area contributed by atoms with E-state index < -0.39 is 23.2 Å². The number of hydrogen-bond acceptors (Lipinski definition) is 4. The average molecular weight is 273 g/mol. The van der Waals surface area contributed by atoms with Crippen molar-refractivity contribution in [3.05, 3.63) is 0 Å². The fourth-order valence-corrected chi connectivity index (χ4v) is 2.55. The smallest absolute Gasteiger partial charge is 0.408 e. The molecule has 0 aromatic carbocycles. The van der Waals surface area contributed by atoms with Gasteiger partial charge in [-0.1, -0.05) is 0 Å². The molecule has 1 aliphatic carbocycles. The molecule has 6 nitrogen and oxygen atoms in total. The number of amides is 1. The lowest BCUT2D eigenvalue weighted by molar-refractivity contribution is -0.140. The van der Waals surface area contributed by atoms with Crippen LogP contribution in [0.5, 0.6) is 0 Å². The third-order valence-electron chi connectivity index (χ3n) is 3.21. The Kier molecular flexibility index (Phi) is 4.79. The zero-order valence-corrected chi connectivity index (χ0v) is 12.0. The normalized spacial score (nSPS) is 27.1. The van der Waals surface area contributed by atoms with Crippen LogP contribution in [0.1, 0.15) is 46.5 Å². The highest BCUT2D eigenvalue weighted by Gasteiger charge is 2.46. The van der Waals surface area contributed by atoms with Gasteiger partial charge < -0.3 is 19.9 Å². The van der Waals surface area contributed by atoms with Crippen LogP contribution in [0.2, 0.25) is 0 Å². The summed E-state index contributed by atoms with van der Waals surface area (Å²) in [6.07, 6.45) is 1.08. The van der Waals surface area contributed by atoms with Crippen LogP contribution in [-0.4, -0.2) is 41.5 Å². The summed E-state index contributed by atoms with van der Waals surface area (Å²) in [7, 11) is 1.53. The molecule has 0 aromatic rings. The first-order valence-electron chi connectivity index (χ1n) is 6.44. The summed E-state index contributed by atoms with van der Waals surface area (Å²) >= 11 is 0. The summed E-state index contributed by atoms with van der Waals surface area (Å²) < 4.78 is 10.5. The van der Waals surface area contributed by atoms with E-state index in [1.165, 1.54) is 7.11 Å². The molecule has 0 aliphatic heterocycles. The third-order valence-corrected chi connectivity index (χ3v) is 3.21. The van der Waals surface area contributed by atoms with Crippen molar-refractivity contribution in [2.75, 3.05) is 7.11 Å². The quantitative estimate of drug-likeness (QED) is 0.817. The van der Waals surface area contributed by atoms with Crippen LogP contribution in [0.4, 0.5) is 4.79 Å². The standard InChI is InChI=1S/C13H23NO5/c1-12(2,3)19-11(17)14-13(8-10(15)16)7-5-6-9(13)18-4/h9H,5-8H2,1-4H3,(H,14,17)(H,15,16). The Labute approximate surface area is 113 Å². The van der Waals surface area contributed by atoms with Gasteiger partial charge in [0.2, 0.25) is 0 Å². The molecule has 1 aliphatic rings. The van der Waals surface area contributed by atoms with Crippen molar-refractivity contribution in [3.8, 4) is 0 Å². The molecule has 1 saturated carbocycles. The zero-order chi connectivity index (χ0) is 14.7. The zero-order valence-electron chi connectivity index (χ0n) is 12.0. The number of carboxylic acid groups (broad SMARTS) is 1. The average Bonchev–Trinajstić information content (AvgIpc) is 2.55. The molecule has 2 unspecified atom stereocenters. The second kappa shape index (κ2) is 5.77. The van der Waals surface area contributed by atoms with Gasteiger partial charge >= 0.3 is 12.1 Å². The van der Waals surface area contributed by atoms with Gasteiger partial charge in [0.25, 0.3) is 0 Å². The van der Waals surface area contributed by atoms with Gasteiger partial charge in [0, 0.05) is 7.11 Å². The Balaban J connectivity index is 2.81. The van der Waals surface area contributed by atoms with Gasteiger partial charge in [-0.15, -0.1) is 0 Å². The Morgan fingerprint density at radius 3 is 2.53 bits per heavy atom. The number of carbonyl (C=O) groups excluding carboxylic acids is 1. The molecule has 6 heteroatoms. The van der Waals surface area contributed by atoms with Gasteiger partial charge in [-0.2, -0.15) is 0 Å². The minimum atomic E-state index is -0.958. The first-order valence-corrected chi connectivity index (χ1v) is 6.44. The van der Waals surface area contributed by atoms with Gasteiger partial charge in [-0.3, -0.25) is 4.79 Å². The minimum absolute atomic E-state index is 0.162. The molecule has 1 fully saturated rings. The molecule has 1 rings (SSSR count). The molecule has 19 heavy (non-hydrogen) atoms. The maximum absolute atomic E-state index is 11.9. The Hall–Kier alpha value is -1.30. The van der Waals surface area contributed by atoms with Crippen LogP contribution in [0, 0.1) is 0 Å². The summed E-state index contributed by atoms with van der Waals surface area (Å²) in [5.74, 6) is -0.958. The highest BCUT2D eigenvalue weighted by Crippen LogP contribution is 2.35. The minimum Gasteiger partial charge on any atom is -0.481 e. The van der Waals surface area contributed by atoms with Crippen molar-refractivity contribution in [1.29, 1.82) is 0 Å². The number of carboxylic acids is 1. The van der Waals surface area contributed by atoms with E-state index in [9.17, 15) is 9.59 Å². The van der Waals surface area contributed by atoms with Gasteiger partial charge in [0.1, 0.15) is 5.60 Å². The van der Waals surface area contributed by atoms with E-state index in [-0.39, 0.29) is 12.5 Å². The predicted molar refractivity (Wildman–Crippen MR) is 69.0 cm³/mol. The molecule has 2 N–H and O–H groups in total. The number of carbonyl (C=O) groups is 2. The second-order valence-corrected chi connectivity index (χ2v) is 5.97. The fraction of sp³-hybridized carbons (Fsp3) is 0.846. The number of hydrogen-bond donors (Lipinski definition) is 2. The molecule has 0 bridgehead atoms. The summed E-state index contributed by atoms with van der Waals surface area (Å²) in [5, 5.41) is 11.8. The van der Waals surface area contributed by atoms with Crippen molar-refractivity contribution in [2.45, 2.75) is 63.7 Å². The monoisotopic (exact) mass is 273 g/mol. The molecule has 0 spiro atoms. The van der Waals surface area contributed by atoms with E-state index in [1.54, 1.807) is 20.8 Å². The fourth-order valence-electron chi connectivity index (χ4n) is 2.55. The lowest BCUT2D eigenvalue weighted by Gasteiger charge is -2.35. The molecule has 0 heterocycles. The molecule has 110 valence electrons. The van der Waals surface area contributed by atoms with Gasteiger partial charge in [-0.05, 0) is 40.0 Å². The van der Waals surface area contributed by atoms with Crippen LogP contribution < -0.4 is 5.32 Å². The Morgan fingerprint density at radius 1 is 1.42 bits per heavy atom. The molecule has 0 saturated heterocycles. The van der Waals surface area contributed by atoms with E-state index in [2.05, 4.69) is 5.32 Å². The van der Waals surface area contributed by atoms with E-state index in [0.717, 1.165) is 12.8 Å². The SMILES string of the molecule is COC1CCCC1(CC(=O)O)NC(=O)OC(C)(C)C. The maximum atomic E-state index is 11.9. The number of ether oxygens (including phenoxy) is 2. The lowest BCUT2D eigenvalue weighted by Crippen LogP contribution is -2.56.